The van der Waals surface area contributed by atoms with E-state index in [1.165, 1.54) is 19.3 Å². The van der Waals surface area contributed by atoms with Gasteiger partial charge in [0.25, 0.3) is 0 Å². The number of ether oxygens (including phenoxy) is 2. The zero-order valence-electron chi connectivity index (χ0n) is 22.7. The first-order valence-corrected chi connectivity index (χ1v) is 15.8. The first-order valence-electron chi connectivity index (χ1n) is 14.8. The van der Waals surface area contributed by atoms with Gasteiger partial charge in [-0.15, -0.1) is 0 Å². The Morgan fingerprint density at radius 1 is 0.757 bits per heavy atom. The second kappa shape index (κ2) is 14.0. The summed E-state index contributed by atoms with van der Waals surface area (Å²) in [4.78, 5) is 29.0. The first-order chi connectivity index (χ1) is 17.8. The molecule has 6 atom stereocenters. The number of carbonyl (C=O) groups is 2. The van der Waals surface area contributed by atoms with E-state index < -0.39 is 17.8 Å². The Hall–Kier alpha value is -0.830. The average Bonchev–Trinajstić information content (AvgIpc) is 2.88. The van der Waals surface area contributed by atoms with Gasteiger partial charge in [0.05, 0.1) is 30.7 Å². The molecular formula is C29H48O7S. The smallest absolute Gasteiger partial charge is 0.310 e. The molecular weight excluding hydrogens is 492 g/mol. The van der Waals surface area contributed by atoms with Crippen LogP contribution in [-0.4, -0.2) is 57.7 Å². The number of aliphatic carboxylic acids is 1. The number of carbonyl (C=O) groups excluding carboxylic acids is 1. The molecule has 0 aromatic rings. The third-order valence-corrected chi connectivity index (χ3v) is 11.2. The number of rotatable bonds is 9. The average molecular weight is 541 g/mol. The van der Waals surface area contributed by atoms with Gasteiger partial charge in [-0.1, -0.05) is 13.8 Å². The third-order valence-electron chi connectivity index (χ3n) is 9.47. The van der Waals surface area contributed by atoms with Crippen molar-refractivity contribution in [1.82, 2.24) is 0 Å². The molecule has 0 spiro atoms. The van der Waals surface area contributed by atoms with Crippen LogP contribution in [0.25, 0.3) is 0 Å². The molecule has 0 bridgehead atoms. The molecule has 0 heterocycles. The molecule has 4 rings (SSSR count). The van der Waals surface area contributed by atoms with Crippen LogP contribution in [0.2, 0.25) is 0 Å². The number of esters is 1. The van der Waals surface area contributed by atoms with Gasteiger partial charge < -0.3 is 14.6 Å². The molecule has 7 nitrogen and oxygen atoms in total. The van der Waals surface area contributed by atoms with Gasteiger partial charge in [-0.2, -0.15) is 11.8 Å². The molecule has 6 unspecified atom stereocenters. The lowest BCUT2D eigenvalue weighted by Crippen LogP contribution is -2.38. The number of hydrogen-bond donors (Lipinski definition) is 2. The fourth-order valence-electron chi connectivity index (χ4n) is 7.22. The van der Waals surface area contributed by atoms with Crippen LogP contribution < -0.4 is 0 Å². The van der Waals surface area contributed by atoms with Gasteiger partial charge in [-0.25, -0.2) is 4.89 Å². The highest BCUT2D eigenvalue weighted by molar-refractivity contribution is 8.00. The molecule has 4 fully saturated rings. The molecule has 8 heteroatoms. The van der Waals surface area contributed by atoms with E-state index in [0.29, 0.717) is 53.8 Å². The monoisotopic (exact) mass is 540 g/mol. The minimum atomic E-state index is -0.860. The summed E-state index contributed by atoms with van der Waals surface area (Å²) in [5.74, 6) is -0.909. The fourth-order valence-corrected chi connectivity index (χ4v) is 8.85. The number of hydrogen-bond acceptors (Lipinski definition) is 7. The number of thioether (sulfide) groups is 1. The van der Waals surface area contributed by atoms with Crippen LogP contribution in [0.15, 0.2) is 0 Å². The van der Waals surface area contributed by atoms with Gasteiger partial charge in [-0.05, 0) is 102 Å². The molecule has 0 aromatic heterocycles. The summed E-state index contributed by atoms with van der Waals surface area (Å²) < 4.78 is 12.4. The van der Waals surface area contributed by atoms with E-state index in [0.717, 1.165) is 57.8 Å². The van der Waals surface area contributed by atoms with Crippen molar-refractivity contribution in [3.8, 4) is 0 Å². The minimum absolute atomic E-state index is 0.0589. The molecule has 4 saturated carbocycles. The van der Waals surface area contributed by atoms with Crippen LogP contribution in [0.3, 0.4) is 0 Å². The Balaban J connectivity index is 1.14. The lowest BCUT2D eigenvalue weighted by molar-refractivity contribution is -0.262. The van der Waals surface area contributed by atoms with E-state index >= 15 is 0 Å². The molecule has 0 aromatic carbocycles. The summed E-state index contributed by atoms with van der Waals surface area (Å²) in [6.07, 6.45) is 14.4. The number of carboxylic acid groups (broad SMARTS) is 1. The van der Waals surface area contributed by atoms with E-state index in [2.05, 4.69) is 30.5 Å². The standard InChI is InChI=1S/C29H48O7S/c1-18-4-14-27(20(15-18)17-34-33)35-21-5-9-23(10-6-21)37-24-11-7-22(8-12-24)36-29(32)25-13-3-19(2)16-26(25)28(30)31/h18-27,33H,3-17H2,1-2H3,(H,30,31). The van der Waals surface area contributed by atoms with Crippen molar-refractivity contribution in [2.75, 3.05) is 6.61 Å². The van der Waals surface area contributed by atoms with Crippen LogP contribution in [0, 0.1) is 29.6 Å². The maximum atomic E-state index is 12.8. The fraction of sp³-hybridized carbons (Fsp3) is 0.931. The Labute approximate surface area is 226 Å². The second-order valence-electron chi connectivity index (χ2n) is 12.5. The van der Waals surface area contributed by atoms with Crippen LogP contribution in [0.1, 0.15) is 104 Å². The summed E-state index contributed by atoms with van der Waals surface area (Å²) in [6.45, 7) is 4.71. The molecule has 0 aliphatic heterocycles. The maximum absolute atomic E-state index is 12.8. The predicted molar refractivity (Wildman–Crippen MR) is 143 cm³/mol. The van der Waals surface area contributed by atoms with Crippen molar-refractivity contribution in [2.45, 2.75) is 133 Å². The highest BCUT2D eigenvalue weighted by Gasteiger charge is 2.40. The van der Waals surface area contributed by atoms with Gasteiger partial charge >= 0.3 is 11.9 Å². The Morgan fingerprint density at radius 3 is 1.97 bits per heavy atom. The third kappa shape index (κ3) is 8.33. The predicted octanol–water partition coefficient (Wildman–Crippen LogP) is 6.33. The van der Waals surface area contributed by atoms with Crippen molar-refractivity contribution < 1.29 is 34.3 Å². The molecule has 4 aliphatic rings. The van der Waals surface area contributed by atoms with Gasteiger partial charge in [0.1, 0.15) is 6.10 Å². The van der Waals surface area contributed by atoms with Crippen molar-refractivity contribution in [2.24, 2.45) is 29.6 Å². The highest BCUT2D eigenvalue weighted by Crippen LogP contribution is 2.41. The molecule has 0 saturated heterocycles. The molecule has 37 heavy (non-hydrogen) atoms. The molecule has 0 radical (unpaired) electrons. The highest BCUT2D eigenvalue weighted by atomic mass is 32.2. The largest absolute Gasteiger partial charge is 0.481 e. The minimum Gasteiger partial charge on any atom is -0.481 e. The van der Waals surface area contributed by atoms with Crippen LogP contribution in [0.4, 0.5) is 0 Å². The first kappa shape index (κ1) is 29.2. The van der Waals surface area contributed by atoms with Crippen molar-refractivity contribution in [3.63, 3.8) is 0 Å². The van der Waals surface area contributed by atoms with E-state index in [4.69, 9.17) is 14.7 Å². The summed E-state index contributed by atoms with van der Waals surface area (Å²) in [6, 6.07) is 0. The van der Waals surface area contributed by atoms with E-state index in [-0.39, 0.29) is 18.2 Å². The topological polar surface area (TPSA) is 102 Å². The van der Waals surface area contributed by atoms with Gasteiger partial charge in [0, 0.05) is 16.4 Å². The van der Waals surface area contributed by atoms with Crippen molar-refractivity contribution in [1.29, 1.82) is 0 Å². The molecule has 212 valence electrons. The maximum Gasteiger partial charge on any atom is 0.310 e. The summed E-state index contributed by atoms with van der Waals surface area (Å²) >= 11 is 2.13. The Bertz CT molecular complexity index is 732. The van der Waals surface area contributed by atoms with Gasteiger partial charge in [0.2, 0.25) is 0 Å². The van der Waals surface area contributed by atoms with Crippen LogP contribution in [-0.2, 0) is 24.0 Å². The zero-order valence-corrected chi connectivity index (χ0v) is 23.5. The van der Waals surface area contributed by atoms with E-state index in [9.17, 15) is 14.7 Å². The lowest BCUT2D eigenvalue weighted by atomic mass is 9.74. The quantitative estimate of drug-likeness (QED) is 0.199. The molecule has 4 aliphatic carbocycles. The summed E-state index contributed by atoms with van der Waals surface area (Å²) in [5, 5.41) is 19.8. The van der Waals surface area contributed by atoms with E-state index in [1.807, 2.05) is 0 Å². The normalized spacial score (nSPS) is 41.2. The van der Waals surface area contributed by atoms with Gasteiger partial charge in [-0.3, -0.25) is 14.8 Å². The van der Waals surface area contributed by atoms with Crippen molar-refractivity contribution in [3.05, 3.63) is 0 Å². The molecule has 2 N–H and O–H groups in total. The summed E-state index contributed by atoms with van der Waals surface area (Å²) in [7, 11) is 0. The Morgan fingerprint density at radius 2 is 1.35 bits per heavy atom. The zero-order chi connectivity index (χ0) is 26.4. The van der Waals surface area contributed by atoms with Gasteiger partial charge in [0.15, 0.2) is 0 Å². The molecule has 0 amide bonds. The number of carboxylic acids is 1. The lowest BCUT2D eigenvalue weighted by Gasteiger charge is -2.39. The SMILES string of the molecule is CC1CCC(OC2CCC(SC3CCC(OC(=O)C4CCC(C)CC4C(=O)O)CC3)CC2)C(COO)C1. The van der Waals surface area contributed by atoms with Crippen LogP contribution >= 0.6 is 11.8 Å². The van der Waals surface area contributed by atoms with Crippen molar-refractivity contribution >= 4 is 23.7 Å². The van der Waals surface area contributed by atoms with E-state index in [1.54, 1.807) is 0 Å². The Kier molecular flexibility index (Phi) is 11.0. The van der Waals surface area contributed by atoms with Crippen LogP contribution in [0.5, 0.6) is 0 Å². The summed E-state index contributed by atoms with van der Waals surface area (Å²) in [5.41, 5.74) is 0. The second-order valence-corrected chi connectivity index (χ2v) is 14.1.